The van der Waals surface area contributed by atoms with Gasteiger partial charge < -0.3 is 9.64 Å². The standard InChI is InChI=1S/C22H27BrN4O3/c1-22(2,3)30-21(29)25-19-14-16(8-9-24-19)15-26-10-12-27(13-11-26)20(28)17-4-6-18(23)7-5-17/h4-9,14H,10-13,15H2,1-3H3,(H,24,25,29). The molecule has 1 aromatic heterocycles. The predicted octanol–water partition coefficient (Wildman–Crippen LogP) is 4.15. The third-order valence-electron chi connectivity index (χ3n) is 4.61. The van der Waals surface area contributed by atoms with Crippen LogP contribution in [0.2, 0.25) is 0 Å². The summed E-state index contributed by atoms with van der Waals surface area (Å²) in [5, 5.41) is 2.67. The number of aromatic nitrogens is 1. The molecule has 1 aromatic carbocycles. The van der Waals surface area contributed by atoms with Crippen molar-refractivity contribution in [2.75, 3.05) is 31.5 Å². The number of rotatable bonds is 4. The van der Waals surface area contributed by atoms with Crippen molar-refractivity contribution in [3.63, 3.8) is 0 Å². The van der Waals surface area contributed by atoms with Crippen molar-refractivity contribution in [3.05, 3.63) is 58.2 Å². The first-order valence-corrected chi connectivity index (χ1v) is 10.7. The summed E-state index contributed by atoms with van der Waals surface area (Å²) in [6.07, 6.45) is 1.15. The lowest BCUT2D eigenvalue weighted by atomic mass is 10.1. The monoisotopic (exact) mass is 474 g/mol. The van der Waals surface area contributed by atoms with Crippen LogP contribution in [0.1, 0.15) is 36.7 Å². The van der Waals surface area contributed by atoms with Gasteiger partial charge in [-0.1, -0.05) is 15.9 Å². The van der Waals surface area contributed by atoms with Crippen LogP contribution in [0.3, 0.4) is 0 Å². The molecule has 2 amide bonds. The van der Waals surface area contributed by atoms with E-state index in [1.165, 1.54) is 0 Å². The topological polar surface area (TPSA) is 74.8 Å². The van der Waals surface area contributed by atoms with E-state index in [0.717, 1.165) is 29.7 Å². The van der Waals surface area contributed by atoms with Gasteiger partial charge in [0, 0.05) is 49.0 Å². The highest BCUT2D eigenvalue weighted by Gasteiger charge is 2.22. The van der Waals surface area contributed by atoms with E-state index in [1.807, 2.05) is 62.1 Å². The molecule has 1 fully saturated rings. The number of nitrogens with one attached hydrogen (secondary N) is 1. The van der Waals surface area contributed by atoms with Crippen molar-refractivity contribution in [3.8, 4) is 0 Å². The summed E-state index contributed by atoms with van der Waals surface area (Å²) >= 11 is 3.39. The van der Waals surface area contributed by atoms with E-state index in [2.05, 4.69) is 31.1 Å². The van der Waals surface area contributed by atoms with Crippen LogP contribution in [0.25, 0.3) is 0 Å². The molecule has 0 aliphatic carbocycles. The second-order valence-electron chi connectivity index (χ2n) is 8.25. The molecule has 0 atom stereocenters. The van der Waals surface area contributed by atoms with E-state index in [9.17, 15) is 9.59 Å². The fraction of sp³-hybridized carbons (Fsp3) is 0.409. The van der Waals surface area contributed by atoms with Gasteiger partial charge in [0.15, 0.2) is 0 Å². The average Bonchev–Trinajstić information content (AvgIpc) is 2.67. The normalized spacial score (nSPS) is 15.0. The van der Waals surface area contributed by atoms with Crippen LogP contribution in [0.4, 0.5) is 10.6 Å². The number of hydrogen-bond donors (Lipinski definition) is 1. The summed E-state index contributed by atoms with van der Waals surface area (Å²) in [5.41, 5.74) is 1.19. The van der Waals surface area contributed by atoms with Crippen LogP contribution in [-0.4, -0.2) is 58.6 Å². The lowest BCUT2D eigenvalue weighted by Gasteiger charge is -2.34. The Labute approximate surface area is 185 Å². The van der Waals surface area contributed by atoms with E-state index < -0.39 is 11.7 Å². The van der Waals surface area contributed by atoms with Crippen molar-refractivity contribution < 1.29 is 14.3 Å². The van der Waals surface area contributed by atoms with Gasteiger partial charge in [0.05, 0.1) is 0 Å². The Hall–Kier alpha value is -2.45. The smallest absolute Gasteiger partial charge is 0.413 e. The summed E-state index contributed by atoms with van der Waals surface area (Å²) in [7, 11) is 0. The Morgan fingerprint density at radius 2 is 1.77 bits per heavy atom. The molecule has 2 aromatic rings. The van der Waals surface area contributed by atoms with Gasteiger partial charge in [0.1, 0.15) is 11.4 Å². The van der Waals surface area contributed by atoms with Crippen molar-refractivity contribution in [1.82, 2.24) is 14.8 Å². The number of ether oxygens (including phenoxy) is 1. The summed E-state index contributed by atoms with van der Waals surface area (Å²) < 4.78 is 6.23. The first kappa shape index (κ1) is 22.2. The van der Waals surface area contributed by atoms with Crippen molar-refractivity contribution in [2.45, 2.75) is 32.9 Å². The van der Waals surface area contributed by atoms with Gasteiger partial charge in [-0.15, -0.1) is 0 Å². The molecule has 1 saturated heterocycles. The van der Waals surface area contributed by atoms with Gasteiger partial charge in [-0.25, -0.2) is 9.78 Å². The molecule has 0 radical (unpaired) electrons. The largest absolute Gasteiger partial charge is 0.444 e. The number of piperazine rings is 1. The van der Waals surface area contributed by atoms with Gasteiger partial charge in [-0.2, -0.15) is 0 Å². The molecule has 0 saturated carbocycles. The quantitative estimate of drug-likeness (QED) is 0.720. The van der Waals surface area contributed by atoms with E-state index in [0.29, 0.717) is 24.5 Å². The van der Waals surface area contributed by atoms with Gasteiger partial charge in [0.25, 0.3) is 5.91 Å². The number of pyridine rings is 1. The first-order chi connectivity index (χ1) is 14.2. The Balaban J connectivity index is 1.52. The zero-order valence-corrected chi connectivity index (χ0v) is 19.1. The zero-order chi connectivity index (χ0) is 21.7. The van der Waals surface area contributed by atoms with Crippen LogP contribution in [-0.2, 0) is 11.3 Å². The SMILES string of the molecule is CC(C)(C)OC(=O)Nc1cc(CN2CCN(C(=O)c3ccc(Br)cc3)CC2)ccn1. The molecule has 1 aliphatic rings. The second kappa shape index (κ2) is 9.57. The van der Waals surface area contributed by atoms with Crippen LogP contribution >= 0.6 is 15.9 Å². The van der Waals surface area contributed by atoms with E-state index in [1.54, 1.807) is 6.20 Å². The highest BCUT2D eigenvalue weighted by molar-refractivity contribution is 9.10. The fourth-order valence-corrected chi connectivity index (χ4v) is 3.46. The molecule has 1 N–H and O–H groups in total. The van der Waals surface area contributed by atoms with Crippen LogP contribution < -0.4 is 5.32 Å². The summed E-state index contributed by atoms with van der Waals surface area (Å²) in [6.45, 7) is 9.13. The fourth-order valence-electron chi connectivity index (χ4n) is 3.19. The first-order valence-electron chi connectivity index (χ1n) is 9.92. The zero-order valence-electron chi connectivity index (χ0n) is 17.5. The lowest BCUT2D eigenvalue weighted by Crippen LogP contribution is -2.48. The number of carbonyl (C=O) groups is 2. The highest BCUT2D eigenvalue weighted by atomic mass is 79.9. The molecule has 1 aliphatic heterocycles. The van der Waals surface area contributed by atoms with Gasteiger partial charge >= 0.3 is 6.09 Å². The van der Waals surface area contributed by atoms with E-state index in [-0.39, 0.29) is 5.91 Å². The molecule has 30 heavy (non-hydrogen) atoms. The number of benzene rings is 1. The Morgan fingerprint density at radius 3 is 2.40 bits per heavy atom. The molecule has 0 spiro atoms. The van der Waals surface area contributed by atoms with Crippen LogP contribution in [0, 0.1) is 0 Å². The molecular formula is C22H27BrN4O3. The number of carbonyl (C=O) groups excluding carboxylic acids is 2. The molecule has 8 heteroatoms. The van der Waals surface area contributed by atoms with Crippen LogP contribution in [0.5, 0.6) is 0 Å². The Morgan fingerprint density at radius 1 is 1.10 bits per heavy atom. The minimum Gasteiger partial charge on any atom is -0.444 e. The number of anilines is 1. The maximum Gasteiger partial charge on any atom is 0.413 e. The molecule has 2 heterocycles. The number of nitrogens with zero attached hydrogens (tertiary/aromatic N) is 3. The summed E-state index contributed by atoms with van der Waals surface area (Å²) in [4.78, 5) is 33.0. The molecular weight excluding hydrogens is 448 g/mol. The number of halogens is 1. The van der Waals surface area contributed by atoms with Gasteiger partial charge in [-0.3, -0.25) is 15.0 Å². The predicted molar refractivity (Wildman–Crippen MR) is 119 cm³/mol. The number of hydrogen-bond acceptors (Lipinski definition) is 5. The maximum atomic E-state index is 12.7. The third kappa shape index (κ3) is 6.53. The second-order valence-corrected chi connectivity index (χ2v) is 9.17. The van der Waals surface area contributed by atoms with E-state index in [4.69, 9.17) is 4.74 Å². The molecule has 3 rings (SSSR count). The minimum atomic E-state index is -0.560. The molecule has 160 valence electrons. The molecule has 0 unspecified atom stereocenters. The van der Waals surface area contributed by atoms with Crippen molar-refractivity contribution in [1.29, 1.82) is 0 Å². The molecule has 0 bridgehead atoms. The van der Waals surface area contributed by atoms with E-state index >= 15 is 0 Å². The minimum absolute atomic E-state index is 0.0647. The summed E-state index contributed by atoms with van der Waals surface area (Å²) in [5.74, 6) is 0.528. The Kier molecular flexibility index (Phi) is 7.10. The highest BCUT2D eigenvalue weighted by Crippen LogP contribution is 2.16. The number of amides is 2. The summed E-state index contributed by atoms with van der Waals surface area (Å²) in [6, 6.07) is 11.2. The van der Waals surface area contributed by atoms with Gasteiger partial charge in [-0.05, 0) is 62.7 Å². The van der Waals surface area contributed by atoms with Gasteiger partial charge in [0.2, 0.25) is 0 Å². The molecule has 7 nitrogen and oxygen atoms in total. The Bertz CT molecular complexity index is 888. The van der Waals surface area contributed by atoms with Crippen molar-refractivity contribution >= 4 is 33.7 Å². The average molecular weight is 475 g/mol. The van der Waals surface area contributed by atoms with Crippen molar-refractivity contribution in [2.24, 2.45) is 0 Å². The lowest BCUT2D eigenvalue weighted by molar-refractivity contribution is 0.0624. The third-order valence-corrected chi connectivity index (χ3v) is 5.14. The maximum absolute atomic E-state index is 12.7. The van der Waals surface area contributed by atoms with Crippen LogP contribution in [0.15, 0.2) is 47.1 Å².